The highest BCUT2D eigenvalue weighted by atomic mass is 19.1. The molecule has 0 radical (unpaired) electrons. The summed E-state index contributed by atoms with van der Waals surface area (Å²) in [4.78, 5) is 4.63. The average Bonchev–Trinajstić information content (AvgIpc) is 2.87. The highest BCUT2D eigenvalue weighted by molar-refractivity contribution is 5.50. The van der Waals surface area contributed by atoms with Gasteiger partial charge in [0.25, 0.3) is 0 Å². The minimum Gasteiger partial charge on any atom is -0.369 e. The lowest BCUT2D eigenvalue weighted by Gasteiger charge is -2.25. The van der Waals surface area contributed by atoms with Gasteiger partial charge in [0.15, 0.2) is 0 Å². The smallest absolute Gasteiger partial charge is 0.146 e. The second-order valence-corrected chi connectivity index (χ2v) is 6.11. The SMILES string of the molecule is Cc1ccc(N2CCC3(CCN(C)C3)C2)c(F)c1. The van der Waals surface area contributed by atoms with Crippen molar-refractivity contribution in [3.05, 3.63) is 29.6 Å². The van der Waals surface area contributed by atoms with Gasteiger partial charge in [-0.05, 0) is 51.1 Å². The van der Waals surface area contributed by atoms with Crippen LogP contribution < -0.4 is 4.90 Å². The normalized spacial score (nSPS) is 28.5. The molecule has 0 N–H and O–H groups in total. The maximum Gasteiger partial charge on any atom is 0.146 e. The van der Waals surface area contributed by atoms with Gasteiger partial charge in [-0.1, -0.05) is 6.07 Å². The average molecular weight is 248 g/mol. The summed E-state index contributed by atoms with van der Waals surface area (Å²) in [6.07, 6.45) is 2.46. The van der Waals surface area contributed by atoms with Crippen LogP contribution in [0.2, 0.25) is 0 Å². The van der Waals surface area contributed by atoms with Gasteiger partial charge >= 0.3 is 0 Å². The van der Waals surface area contributed by atoms with Crippen LogP contribution in [-0.2, 0) is 0 Å². The van der Waals surface area contributed by atoms with Crippen LogP contribution in [0.1, 0.15) is 18.4 Å². The first kappa shape index (κ1) is 12.0. The van der Waals surface area contributed by atoms with Gasteiger partial charge in [0.05, 0.1) is 5.69 Å². The van der Waals surface area contributed by atoms with E-state index < -0.39 is 0 Å². The molecular weight excluding hydrogens is 227 g/mol. The third-order valence-electron chi connectivity index (χ3n) is 4.51. The molecule has 2 aliphatic heterocycles. The minimum atomic E-state index is -0.0709. The van der Waals surface area contributed by atoms with Crippen molar-refractivity contribution < 1.29 is 4.39 Å². The van der Waals surface area contributed by atoms with Crippen molar-refractivity contribution >= 4 is 5.69 Å². The Hall–Kier alpha value is -1.09. The Bertz CT molecular complexity index is 460. The predicted octanol–water partition coefficient (Wildman–Crippen LogP) is 2.67. The Morgan fingerprint density at radius 1 is 1.17 bits per heavy atom. The van der Waals surface area contributed by atoms with Crippen molar-refractivity contribution in [2.24, 2.45) is 5.41 Å². The van der Waals surface area contributed by atoms with Crippen molar-refractivity contribution in [3.63, 3.8) is 0 Å². The molecule has 0 saturated carbocycles. The topological polar surface area (TPSA) is 6.48 Å². The Balaban J connectivity index is 1.79. The highest BCUT2D eigenvalue weighted by Gasteiger charge is 2.42. The first-order valence-corrected chi connectivity index (χ1v) is 6.78. The van der Waals surface area contributed by atoms with E-state index in [-0.39, 0.29) is 5.82 Å². The molecule has 1 spiro atoms. The summed E-state index contributed by atoms with van der Waals surface area (Å²) in [5, 5.41) is 0. The van der Waals surface area contributed by atoms with Gasteiger partial charge in [0, 0.05) is 25.0 Å². The molecule has 1 atom stereocenters. The fraction of sp³-hybridized carbons (Fsp3) is 0.600. The maximum atomic E-state index is 14.0. The molecule has 1 aromatic rings. The molecule has 2 heterocycles. The van der Waals surface area contributed by atoms with Crippen LogP contribution >= 0.6 is 0 Å². The fourth-order valence-electron chi connectivity index (χ4n) is 3.50. The second kappa shape index (κ2) is 4.23. The standard InChI is InChI=1S/C15H21FN2/c1-12-3-4-14(13(16)9-12)18-8-6-15(11-18)5-7-17(2)10-15/h3-4,9H,5-8,10-11H2,1-2H3. The van der Waals surface area contributed by atoms with E-state index in [1.807, 2.05) is 19.1 Å². The quantitative estimate of drug-likeness (QED) is 0.754. The van der Waals surface area contributed by atoms with E-state index >= 15 is 0 Å². The summed E-state index contributed by atoms with van der Waals surface area (Å²) in [6.45, 7) is 6.29. The molecule has 3 heteroatoms. The molecule has 0 aliphatic carbocycles. The minimum absolute atomic E-state index is 0.0709. The molecule has 2 nitrogen and oxygen atoms in total. The second-order valence-electron chi connectivity index (χ2n) is 6.11. The van der Waals surface area contributed by atoms with Gasteiger partial charge in [-0.2, -0.15) is 0 Å². The van der Waals surface area contributed by atoms with Crippen LogP contribution in [-0.4, -0.2) is 38.1 Å². The molecule has 2 saturated heterocycles. The molecule has 2 fully saturated rings. The number of likely N-dealkylation sites (tertiary alicyclic amines) is 1. The van der Waals surface area contributed by atoms with Gasteiger partial charge < -0.3 is 9.80 Å². The Morgan fingerprint density at radius 3 is 2.61 bits per heavy atom. The Labute approximate surface area is 108 Å². The number of aryl methyl sites for hydroxylation is 1. The first-order valence-electron chi connectivity index (χ1n) is 6.78. The summed E-state index contributed by atoms with van der Waals surface area (Å²) in [7, 11) is 2.18. The zero-order valence-electron chi connectivity index (χ0n) is 11.2. The summed E-state index contributed by atoms with van der Waals surface area (Å²) in [5.74, 6) is -0.0709. The fourth-order valence-corrected chi connectivity index (χ4v) is 3.50. The van der Waals surface area contributed by atoms with Gasteiger partial charge in [-0.15, -0.1) is 0 Å². The van der Waals surface area contributed by atoms with Gasteiger partial charge in [0.2, 0.25) is 0 Å². The van der Waals surface area contributed by atoms with Crippen molar-refractivity contribution in [2.45, 2.75) is 19.8 Å². The Kier molecular flexibility index (Phi) is 2.81. The summed E-state index contributed by atoms with van der Waals surface area (Å²) >= 11 is 0. The maximum absolute atomic E-state index is 14.0. The zero-order valence-corrected chi connectivity index (χ0v) is 11.2. The summed E-state index contributed by atoms with van der Waals surface area (Å²) in [5.41, 5.74) is 2.18. The molecule has 2 aliphatic rings. The van der Waals surface area contributed by atoms with E-state index in [9.17, 15) is 4.39 Å². The van der Waals surface area contributed by atoms with Crippen molar-refractivity contribution in [1.82, 2.24) is 4.90 Å². The van der Waals surface area contributed by atoms with Crippen molar-refractivity contribution in [2.75, 3.05) is 38.1 Å². The highest BCUT2D eigenvalue weighted by Crippen LogP contribution is 2.41. The van der Waals surface area contributed by atoms with E-state index in [0.717, 1.165) is 30.9 Å². The van der Waals surface area contributed by atoms with Gasteiger partial charge in [-0.25, -0.2) is 4.39 Å². The van der Waals surface area contributed by atoms with Crippen molar-refractivity contribution in [1.29, 1.82) is 0 Å². The molecule has 3 rings (SSSR count). The predicted molar refractivity (Wildman–Crippen MR) is 72.5 cm³/mol. The number of nitrogens with zero attached hydrogens (tertiary/aromatic N) is 2. The van der Waals surface area contributed by atoms with Crippen LogP contribution in [0.4, 0.5) is 10.1 Å². The summed E-state index contributed by atoms with van der Waals surface area (Å²) < 4.78 is 14.0. The molecule has 1 aromatic carbocycles. The molecule has 0 bridgehead atoms. The molecule has 98 valence electrons. The van der Waals surface area contributed by atoms with Crippen molar-refractivity contribution in [3.8, 4) is 0 Å². The number of benzene rings is 1. The third kappa shape index (κ3) is 2.01. The number of halogens is 1. The summed E-state index contributed by atoms with van der Waals surface area (Å²) in [6, 6.07) is 5.58. The monoisotopic (exact) mass is 248 g/mol. The van der Waals surface area contributed by atoms with Crippen LogP contribution in [0.25, 0.3) is 0 Å². The van der Waals surface area contributed by atoms with Gasteiger partial charge in [0.1, 0.15) is 5.82 Å². The van der Waals surface area contributed by atoms with E-state index in [2.05, 4.69) is 16.8 Å². The van der Waals surface area contributed by atoms with E-state index in [1.165, 1.54) is 19.4 Å². The third-order valence-corrected chi connectivity index (χ3v) is 4.51. The lowest BCUT2D eigenvalue weighted by atomic mass is 9.86. The van der Waals surface area contributed by atoms with E-state index in [4.69, 9.17) is 0 Å². The number of hydrogen-bond donors (Lipinski definition) is 0. The van der Waals surface area contributed by atoms with E-state index in [0.29, 0.717) is 5.41 Å². The molecule has 18 heavy (non-hydrogen) atoms. The number of rotatable bonds is 1. The van der Waals surface area contributed by atoms with Crippen LogP contribution in [0, 0.1) is 18.2 Å². The molecule has 1 unspecified atom stereocenters. The largest absolute Gasteiger partial charge is 0.369 e. The van der Waals surface area contributed by atoms with Crippen LogP contribution in [0.3, 0.4) is 0 Å². The first-order chi connectivity index (χ1) is 8.58. The van der Waals surface area contributed by atoms with Crippen LogP contribution in [0.15, 0.2) is 18.2 Å². The van der Waals surface area contributed by atoms with E-state index in [1.54, 1.807) is 6.07 Å². The number of hydrogen-bond acceptors (Lipinski definition) is 2. The molecule has 0 aromatic heterocycles. The number of anilines is 1. The zero-order chi connectivity index (χ0) is 12.8. The Morgan fingerprint density at radius 2 is 1.94 bits per heavy atom. The molecule has 0 amide bonds. The molecular formula is C15H21FN2. The lowest BCUT2D eigenvalue weighted by Crippen LogP contribution is -2.30. The van der Waals surface area contributed by atoms with Crippen LogP contribution in [0.5, 0.6) is 0 Å². The van der Waals surface area contributed by atoms with Gasteiger partial charge in [-0.3, -0.25) is 0 Å². The lowest BCUT2D eigenvalue weighted by molar-refractivity contribution is 0.312.